The molecule has 0 unspecified atom stereocenters. The van der Waals surface area contributed by atoms with Crippen LogP contribution in [-0.2, 0) is 16.1 Å². The Kier molecular flexibility index (Phi) is 5.13. The Hall–Kier alpha value is -3.00. The smallest absolute Gasteiger partial charge is 0.347 e. The van der Waals surface area contributed by atoms with Crippen molar-refractivity contribution in [1.82, 2.24) is 9.38 Å². The van der Waals surface area contributed by atoms with E-state index in [0.29, 0.717) is 22.0 Å². The van der Waals surface area contributed by atoms with E-state index in [0.717, 1.165) is 0 Å². The quantitative estimate of drug-likeness (QED) is 0.488. The molecule has 0 saturated carbocycles. The zero-order valence-corrected chi connectivity index (χ0v) is 15.0. The molecule has 0 spiro atoms. The van der Waals surface area contributed by atoms with Crippen molar-refractivity contribution in [2.75, 3.05) is 0 Å². The SMILES string of the molecule is CC(=O)c1ccc(O[C@H](C)C(=O)OCc2cc(=O)n3ccsc3n2)cc1. The minimum Gasteiger partial charge on any atom is -0.479 e. The van der Waals surface area contributed by atoms with E-state index in [9.17, 15) is 14.4 Å². The van der Waals surface area contributed by atoms with Gasteiger partial charge < -0.3 is 9.47 Å². The number of ether oxygens (including phenoxy) is 2. The first-order chi connectivity index (χ1) is 12.4. The maximum Gasteiger partial charge on any atom is 0.347 e. The number of carbonyl (C=O) groups excluding carboxylic acids is 2. The summed E-state index contributed by atoms with van der Waals surface area (Å²) in [5.74, 6) is -0.167. The molecule has 3 aromatic rings. The average Bonchev–Trinajstić information content (AvgIpc) is 3.09. The highest BCUT2D eigenvalue weighted by Gasteiger charge is 2.17. The number of nitrogens with zero attached hydrogens (tertiary/aromatic N) is 2. The van der Waals surface area contributed by atoms with E-state index < -0.39 is 12.1 Å². The molecule has 0 aliphatic carbocycles. The summed E-state index contributed by atoms with van der Waals surface area (Å²) in [6, 6.07) is 7.83. The van der Waals surface area contributed by atoms with E-state index in [1.54, 1.807) is 42.8 Å². The topological polar surface area (TPSA) is 87.0 Å². The van der Waals surface area contributed by atoms with Crippen molar-refractivity contribution in [3.8, 4) is 5.75 Å². The second-order valence-corrected chi connectivity index (χ2v) is 6.46. The van der Waals surface area contributed by atoms with Crippen LogP contribution in [0.5, 0.6) is 5.75 Å². The van der Waals surface area contributed by atoms with Crippen molar-refractivity contribution in [1.29, 1.82) is 0 Å². The summed E-state index contributed by atoms with van der Waals surface area (Å²) >= 11 is 1.32. The highest BCUT2D eigenvalue weighted by molar-refractivity contribution is 7.15. The molecular weight excluding hydrogens is 356 g/mol. The van der Waals surface area contributed by atoms with Crippen molar-refractivity contribution >= 4 is 28.1 Å². The lowest BCUT2D eigenvalue weighted by Crippen LogP contribution is -2.26. The van der Waals surface area contributed by atoms with Crippen LogP contribution in [0.2, 0.25) is 0 Å². The molecule has 0 N–H and O–H groups in total. The van der Waals surface area contributed by atoms with Crippen LogP contribution in [0.1, 0.15) is 29.9 Å². The maximum absolute atomic E-state index is 12.1. The van der Waals surface area contributed by atoms with E-state index in [1.165, 1.54) is 28.7 Å². The van der Waals surface area contributed by atoms with E-state index in [2.05, 4.69) is 4.98 Å². The number of carbonyl (C=O) groups is 2. The zero-order chi connectivity index (χ0) is 18.7. The van der Waals surface area contributed by atoms with Crippen molar-refractivity contribution < 1.29 is 19.1 Å². The number of aromatic nitrogens is 2. The Bertz CT molecular complexity index is 1010. The number of Topliss-reactive ketones (excluding diaryl/α,β-unsaturated/α-hetero) is 1. The summed E-state index contributed by atoms with van der Waals surface area (Å²) in [6.07, 6.45) is 0.794. The van der Waals surface area contributed by atoms with Gasteiger partial charge in [0.2, 0.25) is 0 Å². The predicted molar refractivity (Wildman–Crippen MR) is 95.7 cm³/mol. The first kappa shape index (κ1) is 17.8. The molecule has 1 atom stereocenters. The first-order valence-electron chi connectivity index (χ1n) is 7.84. The fourth-order valence-electron chi connectivity index (χ4n) is 2.24. The van der Waals surface area contributed by atoms with Crippen LogP contribution in [0.4, 0.5) is 0 Å². The number of ketones is 1. The number of esters is 1. The second-order valence-electron chi connectivity index (χ2n) is 5.59. The summed E-state index contributed by atoms with van der Waals surface area (Å²) in [5.41, 5.74) is 0.717. The number of thiazole rings is 1. The molecule has 134 valence electrons. The Balaban J connectivity index is 1.59. The third kappa shape index (κ3) is 3.97. The molecule has 0 bridgehead atoms. The highest BCUT2D eigenvalue weighted by atomic mass is 32.1. The Morgan fingerprint density at radius 3 is 2.69 bits per heavy atom. The van der Waals surface area contributed by atoms with Gasteiger partial charge in [-0.05, 0) is 38.1 Å². The second kappa shape index (κ2) is 7.49. The lowest BCUT2D eigenvalue weighted by Gasteiger charge is -2.14. The fraction of sp³-hybridized carbons (Fsp3) is 0.222. The molecular formula is C18H16N2O5S. The van der Waals surface area contributed by atoms with Gasteiger partial charge in [-0.2, -0.15) is 0 Å². The Labute approximate surface area is 152 Å². The van der Waals surface area contributed by atoms with Crippen LogP contribution in [0.15, 0.2) is 46.7 Å². The largest absolute Gasteiger partial charge is 0.479 e. The summed E-state index contributed by atoms with van der Waals surface area (Å²) in [7, 11) is 0. The summed E-state index contributed by atoms with van der Waals surface area (Å²) in [4.78, 5) is 40.0. The monoisotopic (exact) mass is 372 g/mol. The lowest BCUT2D eigenvalue weighted by molar-refractivity contribution is -0.152. The van der Waals surface area contributed by atoms with E-state index >= 15 is 0 Å². The third-order valence-corrected chi connectivity index (χ3v) is 4.38. The molecule has 26 heavy (non-hydrogen) atoms. The van der Waals surface area contributed by atoms with Crippen LogP contribution in [-0.4, -0.2) is 27.2 Å². The van der Waals surface area contributed by atoms with Gasteiger partial charge in [0.05, 0.1) is 5.69 Å². The summed E-state index contributed by atoms with van der Waals surface area (Å²) < 4.78 is 12.1. The molecule has 2 heterocycles. The molecule has 0 amide bonds. The highest BCUT2D eigenvalue weighted by Crippen LogP contribution is 2.15. The van der Waals surface area contributed by atoms with E-state index in [1.807, 2.05) is 0 Å². The van der Waals surface area contributed by atoms with Crippen LogP contribution < -0.4 is 10.3 Å². The van der Waals surface area contributed by atoms with Crippen LogP contribution in [0.3, 0.4) is 0 Å². The van der Waals surface area contributed by atoms with Crippen molar-refractivity contribution in [3.63, 3.8) is 0 Å². The molecule has 0 saturated heterocycles. The van der Waals surface area contributed by atoms with Gasteiger partial charge in [-0.3, -0.25) is 14.0 Å². The molecule has 0 aliphatic rings. The standard InChI is InChI=1S/C18H16N2O5S/c1-11(21)13-3-5-15(6-4-13)25-12(2)17(23)24-10-14-9-16(22)20-7-8-26-18(20)19-14/h3-9,12H,10H2,1-2H3/t12-/m1/s1. The van der Waals surface area contributed by atoms with Gasteiger partial charge in [0, 0.05) is 23.2 Å². The minimum atomic E-state index is -0.843. The van der Waals surface area contributed by atoms with E-state index in [4.69, 9.17) is 9.47 Å². The van der Waals surface area contributed by atoms with Gasteiger partial charge in [-0.25, -0.2) is 9.78 Å². The fourth-order valence-corrected chi connectivity index (χ4v) is 2.98. The number of fused-ring (bicyclic) bond motifs is 1. The van der Waals surface area contributed by atoms with Crippen LogP contribution in [0, 0.1) is 0 Å². The van der Waals surface area contributed by atoms with Crippen LogP contribution in [0.25, 0.3) is 4.96 Å². The van der Waals surface area contributed by atoms with E-state index in [-0.39, 0.29) is 17.9 Å². The van der Waals surface area contributed by atoms with Gasteiger partial charge in [-0.1, -0.05) is 0 Å². The molecule has 8 heteroatoms. The average molecular weight is 372 g/mol. The molecule has 2 aromatic heterocycles. The molecule has 7 nitrogen and oxygen atoms in total. The number of rotatable bonds is 6. The predicted octanol–water partition coefficient (Wildman–Crippen LogP) is 2.47. The van der Waals surface area contributed by atoms with Crippen molar-refractivity contribution in [3.05, 3.63) is 63.5 Å². The summed E-state index contributed by atoms with van der Waals surface area (Å²) in [6.45, 7) is 2.93. The van der Waals surface area contributed by atoms with Gasteiger partial charge in [-0.15, -0.1) is 11.3 Å². The van der Waals surface area contributed by atoms with Gasteiger partial charge in [0.15, 0.2) is 16.8 Å². The molecule has 3 rings (SSSR count). The minimum absolute atomic E-state index is 0.0462. The van der Waals surface area contributed by atoms with Crippen molar-refractivity contribution in [2.24, 2.45) is 0 Å². The van der Waals surface area contributed by atoms with Gasteiger partial charge in [0.25, 0.3) is 5.56 Å². The van der Waals surface area contributed by atoms with Gasteiger partial charge >= 0.3 is 5.97 Å². The first-order valence-corrected chi connectivity index (χ1v) is 8.72. The lowest BCUT2D eigenvalue weighted by atomic mass is 10.1. The Morgan fingerprint density at radius 2 is 2.00 bits per heavy atom. The zero-order valence-electron chi connectivity index (χ0n) is 14.2. The number of hydrogen-bond acceptors (Lipinski definition) is 7. The number of hydrogen-bond donors (Lipinski definition) is 0. The van der Waals surface area contributed by atoms with Crippen molar-refractivity contribution in [2.45, 2.75) is 26.6 Å². The molecule has 0 fully saturated rings. The Morgan fingerprint density at radius 1 is 1.27 bits per heavy atom. The third-order valence-electron chi connectivity index (χ3n) is 3.62. The summed E-state index contributed by atoms with van der Waals surface area (Å²) in [5, 5.41) is 1.76. The molecule has 0 radical (unpaired) electrons. The van der Waals surface area contributed by atoms with Gasteiger partial charge in [0.1, 0.15) is 12.4 Å². The maximum atomic E-state index is 12.1. The molecule has 0 aliphatic heterocycles. The molecule has 1 aromatic carbocycles. The number of benzene rings is 1. The van der Waals surface area contributed by atoms with Crippen LogP contribution >= 0.6 is 11.3 Å². The normalized spacial score (nSPS) is 11.9.